The largest absolute Gasteiger partial charge is 0.465 e. The quantitative estimate of drug-likeness (QED) is 0.0891. The molecular formula is C34H49N5O9. The van der Waals surface area contributed by atoms with Gasteiger partial charge in [-0.2, -0.15) is 0 Å². The zero-order valence-electron chi connectivity index (χ0n) is 28.6. The molecule has 0 aromatic heterocycles. The highest BCUT2D eigenvalue weighted by Crippen LogP contribution is 2.22. The molecule has 0 radical (unpaired) electrons. The second-order valence-corrected chi connectivity index (χ2v) is 13.4. The minimum Gasteiger partial charge on any atom is -0.465 e. The number of carboxylic acid groups (broad SMARTS) is 1. The molecule has 2 aromatic rings. The van der Waals surface area contributed by atoms with Crippen molar-refractivity contribution in [2.24, 2.45) is 0 Å². The Balaban J connectivity index is 2.00. The van der Waals surface area contributed by atoms with Gasteiger partial charge in [0.2, 0.25) is 5.91 Å². The predicted molar refractivity (Wildman–Crippen MR) is 178 cm³/mol. The van der Waals surface area contributed by atoms with Crippen molar-refractivity contribution >= 4 is 29.9 Å². The van der Waals surface area contributed by atoms with E-state index in [2.05, 4.69) is 16.0 Å². The van der Waals surface area contributed by atoms with Crippen LogP contribution in [0.25, 0.3) is 11.1 Å². The molecule has 0 spiro atoms. The molecule has 14 heteroatoms. The predicted octanol–water partition coefficient (Wildman–Crippen LogP) is 3.45. The Morgan fingerprint density at radius 3 is 1.88 bits per heavy atom. The van der Waals surface area contributed by atoms with Gasteiger partial charge in [0.05, 0.1) is 6.10 Å². The van der Waals surface area contributed by atoms with Crippen molar-refractivity contribution in [1.82, 2.24) is 26.3 Å². The Labute approximate surface area is 281 Å². The van der Waals surface area contributed by atoms with Gasteiger partial charge in [0.1, 0.15) is 17.7 Å². The van der Waals surface area contributed by atoms with Crippen LogP contribution in [0.15, 0.2) is 48.5 Å². The van der Waals surface area contributed by atoms with E-state index >= 15 is 0 Å². The number of hydrogen-bond acceptors (Lipinski definition) is 8. The van der Waals surface area contributed by atoms with E-state index in [1.165, 1.54) is 12.4 Å². The van der Waals surface area contributed by atoms with Crippen molar-refractivity contribution in [2.45, 2.75) is 97.1 Å². The van der Waals surface area contributed by atoms with Crippen LogP contribution in [0.1, 0.15) is 77.2 Å². The van der Waals surface area contributed by atoms with E-state index in [4.69, 9.17) is 9.94 Å². The number of nitrogens with one attached hydrogen (secondary N) is 4. The number of aliphatic hydroxyl groups is 1. The van der Waals surface area contributed by atoms with Gasteiger partial charge in [-0.3, -0.25) is 24.5 Å². The van der Waals surface area contributed by atoms with Crippen molar-refractivity contribution in [3.05, 3.63) is 59.7 Å². The maximum atomic E-state index is 13.3. The summed E-state index contributed by atoms with van der Waals surface area (Å²) >= 11 is 0. The van der Waals surface area contributed by atoms with E-state index in [-0.39, 0.29) is 25.1 Å². The van der Waals surface area contributed by atoms with Crippen molar-refractivity contribution in [3.8, 4) is 11.1 Å². The van der Waals surface area contributed by atoms with Crippen molar-refractivity contribution in [2.75, 3.05) is 13.1 Å². The molecular weight excluding hydrogens is 622 g/mol. The van der Waals surface area contributed by atoms with Crippen molar-refractivity contribution in [1.29, 1.82) is 0 Å². The first-order chi connectivity index (χ1) is 22.3. The van der Waals surface area contributed by atoms with E-state index in [0.29, 0.717) is 12.8 Å². The Morgan fingerprint density at radius 1 is 0.833 bits per heavy atom. The fourth-order valence-electron chi connectivity index (χ4n) is 4.89. The normalized spacial score (nSPS) is 13.4. The highest BCUT2D eigenvalue weighted by Gasteiger charge is 2.37. The lowest BCUT2D eigenvalue weighted by molar-refractivity contribution is -0.133. The number of benzene rings is 2. The highest BCUT2D eigenvalue weighted by atomic mass is 16.6. The summed E-state index contributed by atoms with van der Waals surface area (Å²) in [5.74, 6) is -1.96. The van der Waals surface area contributed by atoms with Gasteiger partial charge in [-0.25, -0.2) is 15.1 Å². The van der Waals surface area contributed by atoms with Gasteiger partial charge in [-0.05, 0) is 96.6 Å². The van der Waals surface area contributed by atoms with Crippen LogP contribution < -0.4 is 21.4 Å². The van der Waals surface area contributed by atoms with Crippen LogP contribution in [0, 0.1) is 0 Å². The van der Waals surface area contributed by atoms with Gasteiger partial charge in [-0.15, -0.1) is 0 Å². The Hall–Kier alpha value is -4.69. The van der Waals surface area contributed by atoms with E-state index < -0.39 is 59.2 Å². The summed E-state index contributed by atoms with van der Waals surface area (Å²) in [4.78, 5) is 62.9. The van der Waals surface area contributed by atoms with Crippen LogP contribution >= 0.6 is 0 Å². The first-order valence-corrected chi connectivity index (χ1v) is 15.7. The number of hydroxylamine groups is 1. The van der Waals surface area contributed by atoms with Gasteiger partial charge in [0.25, 0.3) is 11.8 Å². The topological polar surface area (TPSA) is 207 Å². The summed E-state index contributed by atoms with van der Waals surface area (Å²) < 4.78 is 5.23. The first-order valence-electron chi connectivity index (χ1n) is 15.7. The summed E-state index contributed by atoms with van der Waals surface area (Å²) in [5.41, 5.74) is 2.81. The van der Waals surface area contributed by atoms with Gasteiger partial charge in [0, 0.05) is 24.2 Å². The van der Waals surface area contributed by atoms with Gasteiger partial charge >= 0.3 is 12.2 Å². The third-order valence-electron chi connectivity index (χ3n) is 7.17. The number of aliphatic hydroxyl groups excluding tert-OH is 1. The Morgan fingerprint density at radius 2 is 1.40 bits per heavy atom. The summed E-state index contributed by atoms with van der Waals surface area (Å²) in [6, 6.07) is 11.9. The van der Waals surface area contributed by atoms with E-state index in [1.807, 2.05) is 24.3 Å². The smallest absolute Gasteiger partial charge is 0.408 e. The molecule has 7 N–H and O–H groups in total. The third kappa shape index (κ3) is 12.5. The molecule has 0 bridgehead atoms. The minimum atomic E-state index is -1.33. The molecule has 0 aliphatic heterocycles. The molecule has 0 aliphatic rings. The van der Waals surface area contributed by atoms with Crippen molar-refractivity contribution < 1.29 is 44.1 Å². The maximum absolute atomic E-state index is 13.3. The molecule has 2 rings (SSSR count). The van der Waals surface area contributed by atoms with Crippen LogP contribution in [0.3, 0.4) is 0 Å². The Bertz CT molecular complexity index is 1400. The highest BCUT2D eigenvalue weighted by molar-refractivity contribution is 5.98. The van der Waals surface area contributed by atoms with Gasteiger partial charge in [0.15, 0.2) is 0 Å². The molecule has 0 fully saturated rings. The summed E-state index contributed by atoms with van der Waals surface area (Å²) in [6.07, 6.45) is -1.99. The second kappa shape index (κ2) is 17.5. The standard InChI is InChI=1S/C34H49N5O9/c1-21(40)27(30(43)38-47)37-28(41)25-16-14-24(15-17-25)23-12-10-22(11-13-23)18-20-35-29(42)26(39(32(45)46)33(2,3)4)9-8-19-36-31(44)48-34(5,6)7/h10-17,21,26-27,40,47H,8-9,18-20H2,1-7H3,(H,35,42)(H,36,44)(H,37,41)(H,38,43)(H,45,46)/t21-,26?,27+/m1/s1. The van der Waals surface area contributed by atoms with Crippen LogP contribution in [0.4, 0.5) is 9.59 Å². The monoisotopic (exact) mass is 671 g/mol. The number of carbonyl (C=O) groups excluding carboxylic acids is 4. The van der Waals surface area contributed by atoms with E-state index in [0.717, 1.165) is 21.6 Å². The summed E-state index contributed by atoms with van der Waals surface area (Å²) in [6.45, 7) is 12.2. The van der Waals surface area contributed by atoms with Gasteiger partial charge in [-0.1, -0.05) is 36.4 Å². The first kappa shape index (κ1) is 39.5. The zero-order valence-corrected chi connectivity index (χ0v) is 28.6. The lowest BCUT2D eigenvalue weighted by atomic mass is 9.99. The molecule has 3 atom stereocenters. The number of alkyl carbamates (subject to hydrolysis) is 1. The van der Waals surface area contributed by atoms with Crippen LogP contribution in [-0.2, 0) is 20.7 Å². The molecule has 0 aliphatic carbocycles. The molecule has 0 saturated carbocycles. The maximum Gasteiger partial charge on any atom is 0.408 e. The van der Waals surface area contributed by atoms with Gasteiger partial charge < -0.3 is 30.9 Å². The minimum absolute atomic E-state index is 0.194. The van der Waals surface area contributed by atoms with E-state index in [1.54, 1.807) is 65.8 Å². The summed E-state index contributed by atoms with van der Waals surface area (Å²) in [7, 11) is 0. The average molecular weight is 672 g/mol. The molecule has 0 heterocycles. The zero-order chi connectivity index (χ0) is 36.2. The number of rotatable bonds is 14. The fraction of sp³-hybridized carbons (Fsp3) is 0.500. The molecule has 14 nitrogen and oxygen atoms in total. The molecule has 1 unspecified atom stereocenters. The molecule has 0 saturated heterocycles. The number of carbonyl (C=O) groups is 5. The number of nitrogens with zero attached hydrogens (tertiary/aromatic N) is 1. The van der Waals surface area contributed by atoms with Crippen LogP contribution in [-0.4, -0.2) is 92.6 Å². The molecule has 5 amide bonds. The molecule has 48 heavy (non-hydrogen) atoms. The number of hydrogen-bond donors (Lipinski definition) is 7. The van der Waals surface area contributed by atoms with Crippen LogP contribution in [0.5, 0.6) is 0 Å². The second-order valence-electron chi connectivity index (χ2n) is 13.4. The lowest BCUT2D eigenvalue weighted by Gasteiger charge is -2.39. The van der Waals surface area contributed by atoms with Crippen molar-refractivity contribution in [3.63, 3.8) is 0 Å². The molecule has 264 valence electrons. The Kier molecular flexibility index (Phi) is 14.4. The lowest BCUT2D eigenvalue weighted by Crippen LogP contribution is -2.57. The third-order valence-corrected chi connectivity index (χ3v) is 7.17. The van der Waals surface area contributed by atoms with Crippen LogP contribution in [0.2, 0.25) is 0 Å². The summed E-state index contributed by atoms with van der Waals surface area (Å²) in [5, 5.41) is 36.4. The average Bonchev–Trinajstić information content (AvgIpc) is 2.99. The fourth-order valence-corrected chi connectivity index (χ4v) is 4.89. The molecule has 2 aromatic carbocycles. The SMILES string of the molecule is C[C@@H](O)[C@H](NC(=O)c1ccc(-c2ccc(CCNC(=O)C(CCCNC(=O)OC(C)(C)C)N(C(=O)O)C(C)(C)C)cc2)cc1)C(=O)NO. The number of amides is 5. The number of ether oxygens (including phenoxy) is 1. The van der Waals surface area contributed by atoms with E-state index in [9.17, 15) is 34.2 Å².